The Balaban J connectivity index is 2.79. The minimum absolute atomic E-state index is 0.332. The smallest absolute Gasteiger partial charge is 0.158 e. The Labute approximate surface area is 93.4 Å². The summed E-state index contributed by atoms with van der Waals surface area (Å²) in [5.41, 5.74) is 1.21. The molecule has 4 nitrogen and oxygen atoms in total. The number of aromatic nitrogens is 3. The number of nitrogens with zero attached hydrogens (tertiary/aromatic N) is 3. The van der Waals surface area contributed by atoms with Crippen LogP contribution in [0.25, 0.3) is 11.0 Å². The van der Waals surface area contributed by atoms with Crippen LogP contribution in [0.15, 0.2) is 17.0 Å². The lowest BCUT2D eigenvalue weighted by Crippen LogP contribution is -1.92. The number of hydrogen-bond acceptors (Lipinski definition) is 4. The normalized spacial score (nSPS) is 10.5. The average molecular weight is 275 g/mol. The topological polar surface area (TPSA) is 47.9 Å². The van der Waals surface area contributed by atoms with Crippen molar-refractivity contribution in [2.75, 3.05) is 7.11 Å². The molecule has 0 bridgehead atoms. The van der Waals surface area contributed by atoms with Gasteiger partial charge in [-0.3, -0.25) is 0 Å². The van der Waals surface area contributed by atoms with Crippen molar-refractivity contribution in [3.8, 4) is 5.75 Å². The third-order valence-electron chi connectivity index (χ3n) is 1.71. The van der Waals surface area contributed by atoms with E-state index in [1.54, 1.807) is 13.2 Å². The van der Waals surface area contributed by atoms with Gasteiger partial charge in [0.1, 0.15) is 16.4 Å². The highest BCUT2D eigenvalue weighted by atomic mass is 79.9. The maximum Gasteiger partial charge on any atom is 0.158 e. The number of ether oxygens (including phenoxy) is 1. The Bertz CT molecular complexity index is 491. The first-order valence-corrected chi connectivity index (χ1v) is 4.90. The van der Waals surface area contributed by atoms with E-state index in [0.29, 0.717) is 26.5 Å². The maximum absolute atomic E-state index is 5.85. The van der Waals surface area contributed by atoms with Crippen LogP contribution < -0.4 is 4.74 Å². The van der Waals surface area contributed by atoms with Gasteiger partial charge in [0.2, 0.25) is 0 Å². The van der Waals surface area contributed by atoms with E-state index in [0.717, 1.165) is 0 Å². The van der Waals surface area contributed by atoms with Crippen LogP contribution in [0.5, 0.6) is 5.75 Å². The second-order valence-corrected chi connectivity index (χ2v) is 3.62. The fourth-order valence-corrected chi connectivity index (χ4v) is 1.70. The third-order valence-corrected chi connectivity index (χ3v) is 2.55. The van der Waals surface area contributed by atoms with E-state index in [4.69, 9.17) is 16.3 Å². The van der Waals surface area contributed by atoms with E-state index < -0.39 is 0 Å². The zero-order chi connectivity index (χ0) is 10.1. The molecule has 0 saturated carbocycles. The van der Waals surface area contributed by atoms with Crippen LogP contribution in [-0.4, -0.2) is 22.1 Å². The zero-order valence-electron chi connectivity index (χ0n) is 7.16. The quantitative estimate of drug-likeness (QED) is 0.592. The molecule has 2 heterocycles. The van der Waals surface area contributed by atoms with Gasteiger partial charge in [0.25, 0.3) is 0 Å². The van der Waals surface area contributed by atoms with Gasteiger partial charge >= 0.3 is 0 Å². The summed E-state index contributed by atoms with van der Waals surface area (Å²) in [4.78, 5) is 12.0. The highest BCUT2D eigenvalue weighted by Gasteiger charge is 2.08. The molecule has 0 aliphatic rings. The van der Waals surface area contributed by atoms with Gasteiger partial charge in [0.05, 0.1) is 12.6 Å². The van der Waals surface area contributed by atoms with Gasteiger partial charge in [0, 0.05) is 6.07 Å². The van der Waals surface area contributed by atoms with E-state index in [-0.39, 0.29) is 0 Å². The minimum atomic E-state index is 0.332. The summed E-state index contributed by atoms with van der Waals surface area (Å²) in [6.07, 6.45) is 1.39. The molecule has 0 aliphatic carbocycles. The van der Waals surface area contributed by atoms with Crippen molar-refractivity contribution in [2.24, 2.45) is 0 Å². The first kappa shape index (κ1) is 9.61. The van der Waals surface area contributed by atoms with Crippen LogP contribution >= 0.6 is 27.5 Å². The SMILES string of the molecule is COc1cc2ncnc(Cl)c2nc1Br. The van der Waals surface area contributed by atoms with Crippen molar-refractivity contribution < 1.29 is 4.74 Å². The van der Waals surface area contributed by atoms with Gasteiger partial charge < -0.3 is 4.74 Å². The maximum atomic E-state index is 5.85. The van der Waals surface area contributed by atoms with Gasteiger partial charge in [-0.1, -0.05) is 11.6 Å². The average Bonchev–Trinajstić information content (AvgIpc) is 2.19. The fourth-order valence-electron chi connectivity index (χ4n) is 1.06. The lowest BCUT2D eigenvalue weighted by atomic mass is 10.3. The van der Waals surface area contributed by atoms with Crippen LogP contribution in [0.1, 0.15) is 0 Å². The van der Waals surface area contributed by atoms with E-state index in [2.05, 4.69) is 30.9 Å². The molecular formula is C8H5BrClN3O. The largest absolute Gasteiger partial charge is 0.494 e. The molecule has 14 heavy (non-hydrogen) atoms. The van der Waals surface area contributed by atoms with Crippen LogP contribution in [0.4, 0.5) is 0 Å². The standard InChI is InChI=1S/C8H5BrClN3O/c1-14-5-2-4-6(13-7(5)9)8(10)12-3-11-4/h2-3H,1H3. The van der Waals surface area contributed by atoms with Crippen molar-refractivity contribution in [1.29, 1.82) is 0 Å². The molecule has 0 fully saturated rings. The summed E-state index contributed by atoms with van der Waals surface area (Å²) in [5.74, 6) is 0.618. The second kappa shape index (κ2) is 3.67. The van der Waals surface area contributed by atoms with Crippen molar-refractivity contribution >= 4 is 38.6 Å². The van der Waals surface area contributed by atoms with E-state index in [1.807, 2.05) is 0 Å². The predicted molar refractivity (Wildman–Crippen MR) is 56.6 cm³/mol. The summed E-state index contributed by atoms with van der Waals surface area (Å²) < 4.78 is 5.67. The predicted octanol–water partition coefficient (Wildman–Crippen LogP) is 2.45. The number of pyridine rings is 1. The molecule has 0 aromatic carbocycles. The Morgan fingerprint density at radius 3 is 2.93 bits per heavy atom. The highest BCUT2D eigenvalue weighted by Crippen LogP contribution is 2.28. The molecule has 0 amide bonds. The first-order valence-electron chi connectivity index (χ1n) is 3.73. The Morgan fingerprint density at radius 2 is 2.21 bits per heavy atom. The summed E-state index contributed by atoms with van der Waals surface area (Å²) >= 11 is 9.11. The molecule has 2 aromatic heterocycles. The Morgan fingerprint density at radius 1 is 1.43 bits per heavy atom. The molecule has 0 radical (unpaired) electrons. The molecule has 0 spiro atoms. The number of hydrogen-bond donors (Lipinski definition) is 0. The summed E-state index contributed by atoms with van der Waals surface area (Å²) in [5, 5.41) is 0.332. The Hall–Kier alpha value is -0.940. The van der Waals surface area contributed by atoms with Gasteiger partial charge in [-0.05, 0) is 15.9 Å². The second-order valence-electron chi connectivity index (χ2n) is 2.51. The van der Waals surface area contributed by atoms with Crippen LogP contribution in [0.2, 0.25) is 5.15 Å². The van der Waals surface area contributed by atoms with Gasteiger partial charge in [-0.2, -0.15) is 0 Å². The fraction of sp³-hybridized carbons (Fsp3) is 0.125. The van der Waals surface area contributed by atoms with Gasteiger partial charge in [-0.15, -0.1) is 0 Å². The lowest BCUT2D eigenvalue weighted by Gasteiger charge is -2.04. The molecule has 0 saturated heterocycles. The Kier molecular flexibility index (Phi) is 2.52. The summed E-state index contributed by atoms with van der Waals surface area (Å²) in [6.45, 7) is 0. The van der Waals surface area contributed by atoms with Crippen LogP contribution in [0, 0.1) is 0 Å². The number of methoxy groups -OCH3 is 1. The van der Waals surface area contributed by atoms with E-state index >= 15 is 0 Å². The third kappa shape index (κ3) is 1.53. The number of fused-ring (bicyclic) bond motifs is 1. The van der Waals surface area contributed by atoms with E-state index in [9.17, 15) is 0 Å². The van der Waals surface area contributed by atoms with Crippen molar-refractivity contribution in [2.45, 2.75) is 0 Å². The van der Waals surface area contributed by atoms with Crippen molar-refractivity contribution in [3.63, 3.8) is 0 Å². The highest BCUT2D eigenvalue weighted by molar-refractivity contribution is 9.10. The molecule has 72 valence electrons. The van der Waals surface area contributed by atoms with Crippen LogP contribution in [0.3, 0.4) is 0 Å². The molecule has 2 aromatic rings. The van der Waals surface area contributed by atoms with E-state index in [1.165, 1.54) is 6.33 Å². The molecule has 0 aliphatic heterocycles. The van der Waals surface area contributed by atoms with Gasteiger partial charge in [-0.25, -0.2) is 15.0 Å². The first-order chi connectivity index (χ1) is 6.72. The molecule has 6 heteroatoms. The van der Waals surface area contributed by atoms with Crippen LogP contribution in [-0.2, 0) is 0 Å². The molecular weight excluding hydrogens is 269 g/mol. The molecule has 0 N–H and O–H groups in total. The monoisotopic (exact) mass is 273 g/mol. The minimum Gasteiger partial charge on any atom is -0.494 e. The molecule has 2 rings (SSSR count). The zero-order valence-corrected chi connectivity index (χ0v) is 9.50. The molecule has 0 unspecified atom stereocenters. The summed E-state index contributed by atoms with van der Waals surface area (Å²) in [7, 11) is 1.57. The molecule has 0 atom stereocenters. The van der Waals surface area contributed by atoms with Crippen molar-refractivity contribution in [3.05, 3.63) is 22.1 Å². The number of rotatable bonds is 1. The lowest BCUT2D eigenvalue weighted by molar-refractivity contribution is 0.410. The van der Waals surface area contributed by atoms with Gasteiger partial charge in [0.15, 0.2) is 10.9 Å². The van der Waals surface area contributed by atoms with Crippen molar-refractivity contribution in [1.82, 2.24) is 15.0 Å². The summed E-state index contributed by atoms with van der Waals surface area (Å²) in [6, 6.07) is 1.75. The number of halogens is 2.